The van der Waals surface area contributed by atoms with Crippen LogP contribution >= 0.6 is 0 Å². The van der Waals surface area contributed by atoms with E-state index in [4.69, 9.17) is 9.47 Å². The van der Waals surface area contributed by atoms with Crippen molar-refractivity contribution in [2.24, 2.45) is 13.0 Å². The van der Waals surface area contributed by atoms with E-state index in [0.29, 0.717) is 19.1 Å². The summed E-state index contributed by atoms with van der Waals surface area (Å²) in [6, 6.07) is 14.7. The summed E-state index contributed by atoms with van der Waals surface area (Å²) in [5.74, 6) is 0.703. The van der Waals surface area contributed by atoms with Gasteiger partial charge in [-0.2, -0.15) is 0 Å². The molecule has 0 amide bonds. The molecule has 3 aliphatic heterocycles. The number of aryl methyl sites for hydroxylation is 1. The Balaban J connectivity index is 1.20. The number of likely N-dealkylation sites (tertiary alicyclic amines) is 1. The minimum Gasteiger partial charge on any atom is -0.390 e. The molecule has 5 atom stereocenters. The van der Waals surface area contributed by atoms with Crippen molar-refractivity contribution >= 4 is 0 Å². The SMILES string of the molecule is Cn1cccc1CN[C@@H]1[C@H](O)[C@@H](N2CCC(Cc3ccccc3)CC2)[C@@H]2OC[C@@H]1O2. The smallest absolute Gasteiger partial charge is 0.176 e. The zero-order valence-electron chi connectivity index (χ0n) is 17.7. The number of hydrogen-bond donors (Lipinski definition) is 2. The molecule has 2 N–H and O–H groups in total. The van der Waals surface area contributed by atoms with Crippen molar-refractivity contribution in [2.45, 2.75) is 56.4 Å². The van der Waals surface area contributed by atoms with E-state index in [2.05, 4.69) is 51.2 Å². The number of piperidine rings is 1. The minimum atomic E-state index is -0.498. The van der Waals surface area contributed by atoms with E-state index >= 15 is 0 Å². The van der Waals surface area contributed by atoms with Gasteiger partial charge in [-0.3, -0.25) is 4.90 Å². The van der Waals surface area contributed by atoms with Crippen molar-refractivity contribution in [3.63, 3.8) is 0 Å². The van der Waals surface area contributed by atoms with Crippen LogP contribution in [0.5, 0.6) is 0 Å². The first kappa shape index (κ1) is 20.2. The van der Waals surface area contributed by atoms with Crippen LogP contribution in [-0.4, -0.2) is 64.9 Å². The van der Waals surface area contributed by atoms with E-state index in [0.717, 1.165) is 32.4 Å². The van der Waals surface area contributed by atoms with E-state index in [-0.39, 0.29) is 24.5 Å². The summed E-state index contributed by atoms with van der Waals surface area (Å²) in [4.78, 5) is 2.40. The molecule has 2 bridgehead atoms. The highest BCUT2D eigenvalue weighted by molar-refractivity contribution is 5.15. The number of ether oxygens (including phenoxy) is 2. The van der Waals surface area contributed by atoms with Crippen molar-refractivity contribution in [3.05, 3.63) is 59.9 Å². The number of aliphatic hydroxyl groups excluding tert-OH is 1. The monoisotopic (exact) mass is 411 g/mol. The lowest BCUT2D eigenvalue weighted by Gasteiger charge is -2.46. The molecule has 1 aromatic carbocycles. The van der Waals surface area contributed by atoms with Crippen LogP contribution in [0.25, 0.3) is 0 Å². The van der Waals surface area contributed by atoms with Gasteiger partial charge in [-0.25, -0.2) is 0 Å². The second kappa shape index (κ2) is 8.81. The second-order valence-corrected chi connectivity index (χ2v) is 9.04. The molecule has 0 radical (unpaired) electrons. The van der Waals surface area contributed by atoms with Gasteiger partial charge in [-0.05, 0) is 56.0 Å². The summed E-state index contributed by atoms with van der Waals surface area (Å²) < 4.78 is 14.2. The zero-order valence-corrected chi connectivity index (χ0v) is 17.7. The number of fused-ring (bicyclic) bond motifs is 2. The van der Waals surface area contributed by atoms with Crippen LogP contribution in [-0.2, 0) is 29.5 Å². The molecule has 162 valence electrons. The number of benzene rings is 1. The Hall–Kier alpha value is -1.70. The number of aromatic nitrogens is 1. The first-order valence-corrected chi connectivity index (χ1v) is 11.3. The standard InChI is InChI=1S/C24H33N3O3/c1-26-11-5-8-19(26)15-25-21-20-16-29-24(30-20)22(23(21)28)27-12-9-18(10-13-27)14-17-6-3-2-4-7-17/h2-8,11,18,20-25,28H,9-10,12-16H2,1H3/t20-,21-,22+,23-,24+/m0/s1. The van der Waals surface area contributed by atoms with Gasteiger partial charge in [0.25, 0.3) is 0 Å². The largest absolute Gasteiger partial charge is 0.390 e. The Bertz CT molecular complexity index is 818. The van der Waals surface area contributed by atoms with Crippen molar-refractivity contribution < 1.29 is 14.6 Å². The molecule has 3 saturated heterocycles. The Kier molecular flexibility index (Phi) is 5.94. The predicted molar refractivity (Wildman–Crippen MR) is 115 cm³/mol. The van der Waals surface area contributed by atoms with Crippen molar-refractivity contribution in [3.8, 4) is 0 Å². The normalized spacial score (nSPS) is 32.5. The molecular formula is C24H33N3O3. The van der Waals surface area contributed by atoms with Crippen LogP contribution in [0.4, 0.5) is 0 Å². The van der Waals surface area contributed by atoms with Gasteiger partial charge in [0.2, 0.25) is 0 Å². The number of nitrogens with zero attached hydrogens (tertiary/aromatic N) is 2. The quantitative estimate of drug-likeness (QED) is 0.761. The summed E-state index contributed by atoms with van der Waals surface area (Å²) in [7, 11) is 2.04. The molecule has 1 aromatic heterocycles. The van der Waals surface area contributed by atoms with Crippen molar-refractivity contribution in [2.75, 3.05) is 19.7 Å². The van der Waals surface area contributed by atoms with E-state index in [9.17, 15) is 5.11 Å². The summed E-state index contributed by atoms with van der Waals surface area (Å²) in [6.45, 7) is 3.23. The summed E-state index contributed by atoms with van der Waals surface area (Å²) >= 11 is 0. The molecular weight excluding hydrogens is 378 g/mol. The third-order valence-corrected chi connectivity index (χ3v) is 7.14. The van der Waals surface area contributed by atoms with Gasteiger partial charge in [-0.1, -0.05) is 30.3 Å². The second-order valence-electron chi connectivity index (χ2n) is 9.04. The van der Waals surface area contributed by atoms with Crippen LogP contribution < -0.4 is 5.32 Å². The molecule has 0 aliphatic carbocycles. The van der Waals surface area contributed by atoms with Gasteiger partial charge in [0.05, 0.1) is 24.8 Å². The third-order valence-electron chi connectivity index (χ3n) is 7.14. The maximum Gasteiger partial charge on any atom is 0.176 e. The topological polar surface area (TPSA) is 58.9 Å². The first-order chi connectivity index (χ1) is 14.7. The summed E-state index contributed by atoms with van der Waals surface area (Å²) in [6.07, 6.45) is 4.58. The van der Waals surface area contributed by atoms with E-state index in [1.807, 2.05) is 19.3 Å². The molecule has 2 aromatic rings. The van der Waals surface area contributed by atoms with Gasteiger partial charge >= 0.3 is 0 Å². The minimum absolute atomic E-state index is 0.0860. The fourth-order valence-electron chi connectivity index (χ4n) is 5.35. The summed E-state index contributed by atoms with van der Waals surface area (Å²) in [5.41, 5.74) is 2.62. The average Bonchev–Trinajstić information content (AvgIpc) is 3.37. The van der Waals surface area contributed by atoms with E-state index in [1.165, 1.54) is 11.3 Å². The zero-order chi connectivity index (χ0) is 20.5. The Morgan fingerprint density at radius 1 is 1.10 bits per heavy atom. The maximum atomic E-state index is 11.3. The van der Waals surface area contributed by atoms with Crippen molar-refractivity contribution in [1.82, 2.24) is 14.8 Å². The van der Waals surface area contributed by atoms with Gasteiger partial charge in [0.15, 0.2) is 6.29 Å². The van der Waals surface area contributed by atoms with Crippen LogP contribution in [0.2, 0.25) is 0 Å². The highest BCUT2D eigenvalue weighted by Gasteiger charge is 2.52. The Morgan fingerprint density at radius 2 is 1.90 bits per heavy atom. The van der Waals surface area contributed by atoms with E-state index in [1.54, 1.807) is 0 Å². The average molecular weight is 412 g/mol. The molecule has 0 spiro atoms. The number of nitrogens with one attached hydrogen (secondary N) is 1. The molecule has 6 heteroatoms. The lowest BCUT2D eigenvalue weighted by molar-refractivity contribution is -0.186. The Labute approximate surface area is 178 Å². The van der Waals surface area contributed by atoms with Crippen LogP contribution in [0.15, 0.2) is 48.7 Å². The molecule has 0 saturated carbocycles. The molecule has 0 unspecified atom stereocenters. The van der Waals surface area contributed by atoms with Crippen LogP contribution in [0.3, 0.4) is 0 Å². The first-order valence-electron chi connectivity index (χ1n) is 11.3. The maximum absolute atomic E-state index is 11.3. The highest BCUT2D eigenvalue weighted by Crippen LogP contribution is 2.34. The molecule has 30 heavy (non-hydrogen) atoms. The lowest BCUT2D eigenvalue weighted by Crippen LogP contribution is -2.65. The van der Waals surface area contributed by atoms with Gasteiger partial charge in [-0.15, -0.1) is 0 Å². The molecule has 3 fully saturated rings. The molecule has 4 heterocycles. The predicted octanol–water partition coefficient (Wildman–Crippen LogP) is 1.92. The lowest BCUT2D eigenvalue weighted by atomic mass is 9.87. The van der Waals surface area contributed by atoms with Gasteiger partial charge in [0, 0.05) is 25.5 Å². The molecule has 5 rings (SSSR count). The van der Waals surface area contributed by atoms with E-state index < -0.39 is 6.10 Å². The highest BCUT2D eigenvalue weighted by atomic mass is 16.7. The third kappa shape index (κ3) is 4.07. The molecule has 3 aliphatic rings. The number of hydrogen-bond acceptors (Lipinski definition) is 5. The fraction of sp³-hybridized carbons (Fsp3) is 0.583. The van der Waals surface area contributed by atoms with Crippen LogP contribution in [0.1, 0.15) is 24.1 Å². The molecule has 6 nitrogen and oxygen atoms in total. The van der Waals surface area contributed by atoms with Crippen LogP contribution in [0, 0.1) is 5.92 Å². The number of aliphatic hydroxyl groups is 1. The number of rotatable bonds is 6. The Morgan fingerprint density at radius 3 is 2.63 bits per heavy atom. The summed E-state index contributed by atoms with van der Waals surface area (Å²) in [5, 5.41) is 14.8. The fourth-order valence-corrected chi connectivity index (χ4v) is 5.35. The van der Waals surface area contributed by atoms with Crippen molar-refractivity contribution in [1.29, 1.82) is 0 Å². The van der Waals surface area contributed by atoms with Gasteiger partial charge < -0.3 is 24.5 Å². The van der Waals surface area contributed by atoms with Gasteiger partial charge in [0.1, 0.15) is 6.10 Å².